The second-order valence-electron chi connectivity index (χ2n) is 4.71. The largest absolute Gasteiger partial charge is 0.399 e. The van der Waals surface area contributed by atoms with Crippen LogP contribution in [0.3, 0.4) is 0 Å². The van der Waals surface area contributed by atoms with Crippen molar-refractivity contribution in [2.45, 2.75) is 24.9 Å². The SMILES string of the molecule is Cc1nnc(SCCCC(=O)Nc2ccc(N)cc2)n1C. The van der Waals surface area contributed by atoms with Crippen molar-refractivity contribution in [3.63, 3.8) is 0 Å². The zero-order chi connectivity index (χ0) is 15.2. The van der Waals surface area contributed by atoms with Gasteiger partial charge in [-0.1, -0.05) is 11.8 Å². The third-order valence-electron chi connectivity index (χ3n) is 3.03. The minimum Gasteiger partial charge on any atom is -0.399 e. The van der Waals surface area contributed by atoms with Gasteiger partial charge in [0.25, 0.3) is 0 Å². The molecule has 6 nitrogen and oxygen atoms in total. The van der Waals surface area contributed by atoms with Gasteiger partial charge < -0.3 is 15.6 Å². The van der Waals surface area contributed by atoms with Crippen LogP contribution >= 0.6 is 11.8 Å². The van der Waals surface area contributed by atoms with Gasteiger partial charge in [-0.25, -0.2) is 0 Å². The first-order chi connectivity index (χ1) is 10.1. The van der Waals surface area contributed by atoms with Crippen LogP contribution in [-0.2, 0) is 11.8 Å². The summed E-state index contributed by atoms with van der Waals surface area (Å²) in [4.78, 5) is 11.8. The van der Waals surface area contributed by atoms with Crippen LogP contribution in [0.1, 0.15) is 18.7 Å². The number of hydrogen-bond donors (Lipinski definition) is 2. The normalized spacial score (nSPS) is 10.6. The smallest absolute Gasteiger partial charge is 0.224 e. The number of hydrogen-bond acceptors (Lipinski definition) is 5. The second-order valence-corrected chi connectivity index (χ2v) is 5.77. The summed E-state index contributed by atoms with van der Waals surface area (Å²) < 4.78 is 1.94. The van der Waals surface area contributed by atoms with Gasteiger partial charge in [-0.2, -0.15) is 0 Å². The van der Waals surface area contributed by atoms with Crippen molar-refractivity contribution in [3.05, 3.63) is 30.1 Å². The molecular weight excluding hydrogens is 286 g/mol. The van der Waals surface area contributed by atoms with Crippen LogP contribution in [0.25, 0.3) is 0 Å². The molecule has 1 heterocycles. The monoisotopic (exact) mass is 305 g/mol. The van der Waals surface area contributed by atoms with E-state index in [2.05, 4.69) is 15.5 Å². The number of rotatable bonds is 6. The molecule has 0 radical (unpaired) electrons. The Morgan fingerprint density at radius 3 is 2.67 bits per heavy atom. The molecule has 2 rings (SSSR count). The van der Waals surface area contributed by atoms with Crippen LogP contribution in [-0.4, -0.2) is 26.4 Å². The molecule has 0 saturated carbocycles. The number of nitrogens with two attached hydrogens (primary N) is 1. The number of aryl methyl sites for hydroxylation is 1. The average Bonchev–Trinajstić information content (AvgIpc) is 2.78. The van der Waals surface area contributed by atoms with Crippen LogP contribution < -0.4 is 11.1 Å². The number of nitrogen functional groups attached to an aromatic ring is 1. The molecule has 0 saturated heterocycles. The van der Waals surface area contributed by atoms with E-state index in [0.717, 1.165) is 28.8 Å². The Morgan fingerprint density at radius 1 is 1.33 bits per heavy atom. The summed E-state index contributed by atoms with van der Waals surface area (Å²) in [5.74, 6) is 1.73. The number of carbonyl (C=O) groups excluding carboxylic acids is 1. The van der Waals surface area contributed by atoms with Gasteiger partial charge in [0.05, 0.1) is 0 Å². The fourth-order valence-corrected chi connectivity index (χ4v) is 2.60. The number of amides is 1. The lowest BCUT2D eigenvalue weighted by Gasteiger charge is -2.05. The lowest BCUT2D eigenvalue weighted by Crippen LogP contribution is -2.11. The number of benzene rings is 1. The summed E-state index contributed by atoms with van der Waals surface area (Å²) >= 11 is 1.61. The van der Waals surface area contributed by atoms with Crippen LogP contribution in [0.2, 0.25) is 0 Å². The van der Waals surface area contributed by atoms with Gasteiger partial charge in [-0.3, -0.25) is 4.79 Å². The predicted molar refractivity (Wildman–Crippen MR) is 85.2 cm³/mol. The van der Waals surface area contributed by atoms with E-state index in [1.54, 1.807) is 36.0 Å². The number of anilines is 2. The lowest BCUT2D eigenvalue weighted by molar-refractivity contribution is -0.116. The van der Waals surface area contributed by atoms with Crippen molar-refractivity contribution in [2.75, 3.05) is 16.8 Å². The third kappa shape index (κ3) is 4.49. The van der Waals surface area contributed by atoms with Crippen LogP contribution in [0, 0.1) is 6.92 Å². The maximum Gasteiger partial charge on any atom is 0.224 e. The molecule has 0 aliphatic carbocycles. The lowest BCUT2D eigenvalue weighted by atomic mass is 10.2. The summed E-state index contributed by atoms with van der Waals surface area (Å²) in [6.07, 6.45) is 1.27. The predicted octanol–water partition coefficient (Wildman–Crippen LogP) is 2.22. The summed E-state index contributed by atoms with van der Waals surface area (Å²) in [6.45, 7) is 1.91. The van der Waals surface area contributed by atoms with E-state index in [0.29, 0.717) is 12.1 Å². The molecule has 0 aliphatic heterocycles. The maximum absolute atomic E-state index is 11.8. The van der Waals surface area contributed by atoms with Crippen LogP contribution in [0.4, 0.5) is 11.4 Å². The highest BCUT2D eigenvalue weighted by molar-refractivity contribution is 7.99. The van der Waals surface area contributed by atoms with E-state index in [-0.39, 0.29) is 5.91 Å². The molecule has 0 atom stereocenters. The highest BCUT2D eigenvalue weighted by atomic mass is 32.2. The van der Waals surface area contributed by atoms with Gasteiger partial charge in [-0.05, 0) is 37.6 Å². The molecule has 2 aromatic rings. The first-order valence-electron chi connectivity index (χ1n) is 6.70. The minimum atomic E-state index is 0.00881. The zero-order valence-corrected chi connectivity index (χ0v) is 13.0. The minimum absolute atomic E-state index is 0.00881. The molecule has 0 bridgehead atoms. The van der Waals surface area contributed by atoms with E-state index in [1.165, 1.54) is 0 Å². The molecule has 112 valence electrons. The molecule has 0 fully saturated rings. The summed E-state index contributed by atoms with van der Waals surface area (Å²) in [5.41, 5.74) is 7.05. The number of carbonyl (C=O) groups is 1. The van der Waals surface area contributed by atoms with Crippen molar-refractivity contribution < 1.29 is 4.79 Å². The fraction of sp³-hybridized carbons (Fsp3) is 0.357. The molecule has 1 aromatic heterocycles. The first-order valence-corrected chi connectivity index (χ1v) is 7.69. The Hall–Kier alpha value is -2.02. The van der Waals surface area contributed by atoms with E-state index >= 15 is 0 Å². The average molecular weight is 305 g/mol. The van der Waals surface area contributed by atoms with Gasteiger partial charge in [0.1, 0.15) is 5.82 Å². The molecule has 3 N–H and O–H groups in total. The quantitative estimate of drug-likeness (QED) is 0.485. The van der Waals surface area contributed by atoms with Gasteiger partial charge in [-0.15, -0.1) is 10.2 Å². The number of nitrogens with zero attached hydrogens (tertiary/aromatic N) is 3. The van der Waals surface area contributed by atoms with Gasteiger partial charge in [0, 0.05) is 30.6 Å². The van der Waals surface area contributed by atoms with Crippen molar-refractivity contribution in [1.29, 1.82) is 0 Å². The van der Waals surface area contributed by atoms with Gasteiger partial charge in [0.15, 0.2) is 5.16 Å². The molecule has 0 spiro atoms. The first kappa shape index (κ1) is 15.4. The summed E-state index contributed by atoms with van der Waals surface area (Å²) in [7, 11) is 1.94. The Balaban J connectivity index is 1.70. The van der Waals surface area contributed by atoms with Crippen molar-refractivity contribution >= 4 is 29.0 Å². The van der Waals surface area contributed by atoms with E-state index in [9.17, 15) is 4.79 Å². The van der Waals surface area contributed by atoms with E-state index in [1.807, 2.05) is 18.5 Å². The number of nitrogens with one attached hydrogen (secondary N) is 1. The standard InChI is InChI=1S/C14H19N5OS/c1-10-17-18-14(19(10)2)21-9-3-4-13(20)16-12-7-5-11(15)6-8-12/h5-8H,3-4,9,15H2,1-2H3,(H,16,20). The zero-order valence-electron chi connectivity index (χ0n) is 12.2. The van der Waals surface area contributed by atoms with Crippen LogP contribution in [0.15, 0.2) is 29.4 Å². The molecule has 0 unspecified atom stereocenters. The molecule has 0 aliphatic rings. The highest BCUT2D eigenvalue weighted by Crippen LogP contribution is 2.17. The summed E-state index contributed by atoms with van der Waals surface area (Å²) in [5, 5.41) is 11.8. The molecule has 7 heteroatoms. The Morgan fingerprint density at radius 2 is 2.05 bits per heavy atom. The summed E-state index contributed by atoms with van der Waals surface area (Å²) in [6, 6.07) is 7.12. The van der Waals surface area contributed by atoms with Crippen molar-refractivity contribution in [1.82, 2.24) is 14.8 Å². The molecule has 1 aromatic carbocycles. The Bertz CT molecular complexity index is 608. The van der Waals surface area contributed by atoms with Gasteiger partial charge in [0.2, 0.25) is 5.91 Å². The molecular formula is C14H19N5OS. The topological polar surface area (TPSA) is 85.8 Å². The van der Waals surface area contributed by atoms with Gasteiger partial charge >= 0.3 is 0 Å². The molecule has 21 heavy (non-hydrogen) atoms. The van der Waals surface area contributed by atoms with Crippen molar-refractivity contribution in [3.8, 4) is 0 Å². The fourth-order valence-electron chi connectivity index (χ4n) is 1.70. The Labute approximate surface area is 128 Å². The Kier molecular flexibility index (Phi) is 5.21. The maximum atomic E-state index is 11.8. The van der Waals surface area contributed by atoms with E-state index in [4.69, 9.17) is 5.73 Å². The van der Waals surface area contributed by atoms with E-state index < -0.39 is 0 Å². The number of aromatic nitrogens is 3. The van der Waals surface area contributed by atoms with Crippen LogP contribution in [0.5, 0.6) is 0 Å². The number of thioether (sulfide) groups is 1. The molecule has 1 amide bonds. The second kappa shape index (κ2) is 7.12. The third-order valence-corrected chi connectivity index (χ3v) is 4.13. The highest BCUT2D eigenvalue weighted by Gasteiger charge is 2.06. The van der Waals surface area contributed by atoms with Crippen molar-refractivity contribution in [2.24, 2.45) is 7.05 Å².